The SMILES string of the molecule is CCCCCC(CCCC)CC(C)C. The fourth-order valence-electron chi connectivity index (χ4n) is 2.22. The van der Waals surface area contributed by atoms with Gasteiger partial charge in [-0.2, -0.15) is 0 Å². The van der Waals surface area contributed by atoms with Crippen molar-refractivity contribution in [3.8, 4) is 0 Å². The summed E-state index contributed by atoms with van der Waals surface area (Å²) in [7, 11) is 0. The molecule has 0 amide bonds. The summed E-state index contributed by atoms with van der Waals surface area (Å²) in [4.78, 5) is 0. The maximum absolute atomic E-state index is 2.36. The molecular weight excluding hydrogens is 168 g/mol. The minimum Gasteiger partial charge on any atom is -0.0654 e. The largest absolute Gasteiger partial charge is 0.0654 e. The molecule has 0 rings (SSSR count). The van der Waals surface area contributed by atoms with Crippen LogP contribution < -0.4 is 0 Å². The van der Waals surface area contributed by atoms with Crippen molar-refractivity contribution in [1.29, 1.82) is 0 Å². The molecule has 0 fully saturated rings. The lowest BCUT2D eigenvalue weighted by molar-refractivity contribution is 0.344. The molecule has 1 atom stereocenters. The molecule has 0 aromatic carbocycles. The average Bonchev–Trinajstić information content (AvgIpc) is 2.13. The molecule has 0 aliphatic rings. The Labute approximate surface area is 91.5 Å². The smallest absolute Gasteiger partial charge is 0.0412 e. The van der Waals surface area contributed by atoms with Gasteiger partial charge >= 0.3 is 0 Å². The van der Waals surface area contributed by atoms with Gasteiger partial charge in [-0.1, -0.05) is 72.6 Å². The topological polar surface area (TPSA) is 0 Å². The normalized spacial score (nSPS) is 13.5. The van der Waals surface area contributed by atoms with E-state index in [0.29, 0.717) is 0 Å². The van der Waals surface area contributed by atoms with Gasteiger partial charge in [0.05, 0.1) is 0 Å². The first kappa shape index (κ1) is 14.0. The fourth-order valence-corrected chi connectivity index (χ4v) is 2.22. The van der Waals surface area contributed by atoms with E-state index in [2.05, 4.69) is 27.7 Å². The maximum atomic E-state index is 2.36. The molecule has 0 N–H and O–H groups in total. The lowest BCUT2D eigenvalue weighted by Crippen LogP contribution is -2.04. The van der Waals surface area contributed by atoms with Gasteiger partial charge in [-0.3, -0.25) is 0 Å². The van der Waals surface area contributed by atoms with Crippen molar-refractivity contribution in [2.75, 3.05) is 0 Å². The molecule has 0 saturated heterocycles. The van der Waals surface area contributed by atoms with Crippen molar-refractivity contribution in [1.82, 2.24) is 0 Å². The van der Waals surface area contributed by atoms with E-state index >= 15 is 0 Å². The van der Waals surface area contributed by atoms with E-state index in [1.54, 1.807) is 0 Å². The lowest BCUT2D eigenvalue weighted by atomic mass is 9.88. The van der Waals surface area contributed by atoms with Crippen molar-refractivity contribution in [3.63, 3.8) is 0 Å². The second kappa shape index (κ2) is 9.55. The first-order valence-electron chi connectivity index (χ1n) is 6.70. The van der Waals surface area contributed by atoms with Crippen molar-refractivity contribution in [2.45, 2.75) is 79.1 Å². The van der Waals surface area contributed by atoms with E-state index < -0.39 is 0 Å². The van der Waals surface area contributed by atoms with E-state index in [9.17, 15) is 0 Å². The minimum absolute atomic E-state index is 0.887. The Bertz CT molecular complexity index is 105. The summed E-state index contributed by atoms with van der Waals surface area (Å²) in [5.41, 5.74) is 0. The highest BCUT2D eigenvalue weighted by molar-refractivity contribution is 4.62. The van der Waals surface area contributed by atoms with Crippen molar-refractivity contribution < 1.29 is 0 Å². The van der Waals surface area contributed by atoms with Crippen LogP contribution >= 0.6 is 0 Å². The van der Waals surface area contributed by atoms with Gasteiger partial charge in [-0.05, 0) is 18.3 Å². The number of hydrogen-bond donors (Lipinski definition) is 0. The highest BCUT2D eigenvalue weighted by atomic mass is 14.2. The molecule has 0 heterocycles. The van der Waals surface area contributed by atoms with Gasteiger partial charge in [0.1, 0.15) is 0 Å². The third kappa shape index (κ3) is 8.59. The van der Waals surface area contributed by atoms with Crippen LogP contribution in [0.2, 0.25) is 0 Å². The zero-order valence-electron chi connectivity index (χ0n) is 10.8. The van der Waals surface area contributed by atoms with E-state index in [4.69, 9.17) is 0 Å². The Morgan fingerprint density at radius 2 is 1.36 bits per heavy atom. The van der Waals surface area contributed by atoms with E-state index in [-0.39, 0.29) is 0 Å². The van der Waals surface area contributed by atoms with Gasteiger partial charge in [0.2, 0.25) is 0 Å². The Balaban J connectivity index is 3.61. The van der Waals surface area contributed by atoms with Crippen molar-refractivity contribution in [2.24, 2.45) is 11.8 Å². The first-order valence-corrected chi connectivity index (χ1v) is 6.70. The number of rotatable bonds is 9. The van der Waals surface area contributed by atoms with Gasteiger partial charge in [0, 0.05) is 0 Å². The maximum Gasteiger partial charge on any atom is -0.0412 e. The summed E-state index contributed by atoms with van der Waals surface area (Å²) in [6.07, 6.45) is 11.4. The van der Waals surface area contributed by atoms with E-state index in [1.165, 1.54) is 51.4 Å². The number of unbranched alkanes of at least 4 members (excludes halogenated alkanes) is 3. The minimum atomic E-state index is 0.887. The summed E-state index contributed by atoms with van der Waals surface area (Å²) >= 11 is 0. The third-order valence-corrected chi connectivity index (χ3v) is 2.99. The van der Waals surface area contributed by atoms with E-state index in [0.717, 1.165) is 11.8 Å². The molecule has 86 valence electrons. The van der Waals surface area contributed by atoms with Gasteiger partial charge in [0.25, 0.3) is 0 Å². The Hall–Kier alpha value is 0. The predicted molar refractivity (Wildman–Crippen MR) is 66.6 cm³/mol. The molecule has 0 nitrogen and oxygen atoms in total. The van der Waals surface area contributed by atoms with Crippen LogP contribution in [0.5, 0.6) is 0 Å². The molecule has 0 aromatic heterocycles. The highest BCUT2D eigenvalue weighted by Gasteiger charge is 2.09. The van der Waals surface area contributed by atoms with Crippen molar-refractivity contribution >= 4 is 0 Å². The summed E-state index contributed by atoms with van der Waals surface area (Å²) in [6.45, 7) is 9.32. The molecular formula is C14H30. The first-order chi connectivity index (χ1) is 6.70. The molecule has 0 aromatic rings. The molecule has 0 saturated carbocycles. The Morgan fingerprint density at radius 3 is 1.86 bits per heavy atom. The summed E-state index contributed by atoms with van der Waals surface area (Å²) in [5, 5.41) is 0. The van der Waals surface area contributed by atoms with Gasteiger partial charge in [-0.15, -0.1) is 0 Å². The molecule has 0 aliphatic heterocycles. The fraction of sp³-hybridized carbons (Fsp3) is 1.00. The molecule has 0 aliphatic carbocycles. The van der Waals surface area contributed by atoms with Crippen LogP contribution in [0.25, 0.3) is 0 Å². The Kier molecular flexibility index (Phi) is 9.55. The highest BCUT2D eigenvalue weighted by Crippen LogP contribution is 2.23. The van der Waals surface area contributed by atoms with E-state index in [1.807, 2.05) is 0 Å². The summed E-state index contributed by atoms with van der Waals surface area (Å²) < 4.78 is 0. The summed E-state index contributed by atoms with van der Waals surface area (Å²) in [5.74, 6) is 1.90. The van der Waals surface area contributed by atoms with Crippen LogP contribution in [-0.2, 0) is 0 Å². The zero-order chi connectivity index (χ0) is 10.8. The van der Waals surface area contributed by atoms with Crippen LogP contribution in [-0.4, -0.2) is 0 Å². The van der Waals surface area contributed by atoms with Crippen LogP contribution in [0.15, 0.2) is 0 Å². The molecule has 0 radical (unpaired) electrons. The predicted octanol–water partition coefficient (Wildman–Crippen LogP) is 5.42. The summed E-state index contributed by atoms with van der Waals surface area (Å²) in [6, 6.07) is 0. The Morgan fingerprint density at radius 1 is 0.786 bits per heavy atom. The third-order valence-electron chi connectivity index (χ3n) is 2.99. The van der Waals surface area contributed by atoms with Crippen LogP contribution in [0, 0.1) is 11.8 Å². The standard InChI is InChI=1S/C14H30/c1-5-7-9-11-14(10-8-6-2)12-13(3)4/h13-14H,5-12H2,1-4H3. The van der Waals surface area contributed by atoms with Crippen LogP contribution in [0.1, 0.15) is 79.1 Å². The molecule has 0 spiro atoms. The monoisotopic (exact) mass is 198 g/mol. The van der Waals surface area contributed by atoms with Gasteiger partial charge < -0.3 is 0 Å². The van der Waals surface area contributed by atoms with Crippen LogP contribution in [0.4, 0.5) is 0 Å². The molecule has 14 heavy (non-hydrogen) atoms. The molecule has 1 unspecified atom stereocenters. The van der Waals surface area contributed by atoms with Crippen molar-refractivity contribution in [3.05, 3.63) is 0 Å². The molecule has 0 bridgehead atoms. The average molecular weight is 198 g/mol. The quantitative estimate of drug-likeness (QED) is 0.434. The second-order valence-corrected chi connectivity index (χ2v) is 5.13. The van der Waals surface area contributed by atoms with Gasteiger partial charge in [0.15, 0.2) is 0 Å². The van der Waals surface area contributed by atoms with Gasteiger partial charge in [-0.25, -0.2) is 0 Å². The zero-order valence-corrected chi connectivity index (χ0v) is 10.8. The second-order valence-electron chi connectivity index (χ2n) is 5.13. The van der Waals surface area contributed by atoms with Crippen LogP contribution in [0.3, 0.4) is 0 Å². The number of hydrogen-bond acceptors (Lipinski definition) is 0. The molecule has 0 heteroatoms. The lowest BCUT2D eigenvalue weighted by Gasteiger charge is -2.18.